The zero-order valence-electron chi connectivity index (χ0n) is 14.4. The second-order valence-electron chi connectivity index (χ2n) is 6.41. The highest BCUT2D eigenvalue weighted by molar-refractivity contribution is 6.03. The summed E-state index contributed by atoms with van der Waals surface area (Å²) in [6.45, 7) is 0. The molecular weight excluding hydrogens is 336 g/mol. The van der Waals surface area contributed by atoms with Crippen LogP contribution >= 0.6 is 0 Å². The first-order chi connectivity index (χ1) is 13.2. The van der Waals surface area contributed by atoms with E-state index in [0.29, 0.717) is 11.8 Å². The first-order valence-electron chi connectivity index (χ1n) is 8.61. The van der Waals surface area contributed by atoms with E-state index in [4.69, 9.17) is 15.9 Å². The van der Waals surface area contributed by atoms with Gasteiger partial charge in [-0.1, -0.05) is 48.5 Å². The van der Waals surface area contributed by atoms with E-state index in [1.54, 1.807) is 0 Å². The Labute approximate surface area is 155 Å². The molecule has 0 aliphatic carbocycles. The highest BCUT2D eigenvalue weighted by Crippen LogP contribution is 2.35. The monoisotopic (exact) mass is 352 g/mol. The van der Waals surface area contributed by atoms with E-state index in [9.17, 15) is 0 Å². The fraction of sp³-hybridized carbons (Fsp3) is 0. The topological polar surface area (TPSA) is 91.0 Å². The second-order valence-corrected chi connectivity index (χ2v) is 6.41. The van der Waals surface area contributed by atoms with Crippen molar-refractivity contribution in [2.45, 2.75) is 0 Å². The molecule has 0 aliphatic heterocycles. The average molecular weight is 352 g/mol. The molecule has 0 fully saturated rings. The summed E-state index contributed by atoms with van der Waals surface area (Å²) >= 11 is 0. The molecule has 0 bridgehead atoms. The molecule has 130 valence electrons. The van der Waals surface area contributed by atoms with Crippen LogP contribution in [-0.4, -0.2) is 10.2 Å². The van der Waals surface area contributed by atoms with Gasteiger partial charge in [0.1, 0.15) is 0 Å². The lowest BCUT2D eigenvalue weighted by Gasteiger charge is -2.06. The molecule has 0 saturated carbocycles. The van der Waals surface area contributed by atoms with Crippen LogP contribution in [0.3, 0.4) is 0 Å². The standard InChI is InChI=1S/C22H16N4O/c23-19-11-9-17(13-5-1-3-7-15(13)19)21-25-26-22(27-21)18-10-12-20(24)16-8-4-2-6-14(16)18/h1-12H,23-24H2. The van der Waals surface area contributed by atoms with Crippen LogP contribution in [0.25, 0.3) is 44.5 Å². The van der Waals surface area contributed by atoms with Gasteiger partial charge in [-0.2, -0.15) is 0 Å². The summed E-state index contributed by atoms with van der Waals surface area (Å²) in [5, 5.41) is 12.5. The molecule has 27 heavy (non-hydrogen) atoms. The molecule has 4 N–H and O–H groups in total. The largest absolute Gasteiger partial charge is 0.416 e. The van der Waals surface area contributed by atoms with E-state index in [0.717, 1.165) is 44.0 Å². The number of nitrogens with two attached hydrogens (primary N) is 2. The number of benzene rings is 4. The lowest BCUT2D eigenvalue weighted by Crippen LogP contribution is -1.89. The molecule has 0 unspecified atom stereocenters. The summed E-state index contributed by atoms with van der Waals surface area (Å²) in [6.07, 6.45) is 0. The SMILES string of the molecule is Nc1ccc(-c2nnc(-c3ccc(N)c4ccccc34)o2)c2ccccc12. The lowest BCUT2D eigenvalue weighted by atomic mass is 10.0. The molecule has 0 spiro atoms. The van der Waals surface area contributed by atoms with Crippen molar-refractivity contribution >= 4 is 32.9 Å². The molecule has 1 aromatic heterocycles. The van der Waals surface area contributed by atoms with Gasteiger partial charge >= 0.3 is 0 Å². The van der Waals surface area contributed by atoms with E-state index in [-0.39, 0.29) is 0 Å². The number of nitrogens with zero attached hydrogens (tertiary/aromatic N) is 2. The van der Waals surface area contributed by atoms with Crippen molar-refractivity contribution in [2.24, 2.45) is 0 Å². The maximum absolute atomic E-state index is 6.10. The Bertz CT molecular complexity index is 1210. The Balaban J connectivity index is 1.69. The van der Waals surface area contributed by atoms with Crippen molar-refractivity contribution in [3.8, 4) is 22.9 Å². The number of hydrogen-bond acceptors (Lipinski definition) is 5. The number of nitrogen functional groups attached to an aromatic ring is 2. The molecular formula is C22H16N4O. The van der Waals surface area contributed by atoms with Crippen molar-refractivity contribution in [1.82, 2.24) is 10.2 Å². The fourth-order valence-electron chi connectivity index (χ4n) is 3.46. The van der Waals surface area contributed by atoms with Gasteiger partial charge in [0.2, 0.25) is 11.8 Å². The van der Waals surface area contributed by atoms with Crippen molar-refractivity contribution in [3.63, 3.8) is 0 Å². The molecule has 5 heteroatoms. The number of aromatic nitrogens is 2. The van der Waals surface area contributed by atoms with Crippen LogP contribution in [0.4, 0.5) is 11.4 Å². The van der Waals surface area contributed by atoms with Crippen molar-refractivity contribution < 1.29 is 4.42 Å². The van der Waals surface area contributed by atoms with Crippen LogP contribution in [0.2, 0.25) is 0 Å². The van der Waals surface area contributed by atoms with Crippen LogP contribution < -0.4 is 11.5 Å². The van der Waals surface area contributed by atoms with Crippen LogP contribution in [-0.2, 0) is 0 Å². The molecule has 0 atom stereocenters. The summed E-state index contributed by atoms with van der Waals surface area (Å²) in [5.41, 5.74) is 15.4. The van der Waals surface area contributed by atoms with Gasteiger partial charge in [-0.3, -0.25) is 0 Å². The van der Waals surface area contributed by atoms with Gasteiger partial charge in [-0.05, 0) is 35.0 Å². The van der Waals surface area contributed by atoms with Crippen LogP contribution in [0.5, 0.6) is 0 Å². The lowest BCUT2D eigenvalue weighted by molar-refractivity contribution is 0.586. The molecule has 0 radical (unpaired) electrons. The maximum atomic E-state index is 6.10. The number of hydrogen-bond donors (Lipinski definition) is 2. The van der Waals surface area contributed by atoms with Gasteiger partial charge in [-0.25, -0.2) is 0 Å². The van der Waals surface area contributed by atoms with Crippen molar-refractivity contribution in [3.05, 3.63) is 72.8 Å². The molecule has 5 nitrogen and oxygen atoms in total. The Morgan fingerprint density at radius 2 is 0.926 bits per heavy atom. The predicted molar refractivity (Wildman–Crippen MR) is 109 cm³/mol. The minimum Gasteiger partial charge on any atom is -0.416 e. The Kier molecular flexibility index (Phi) is 3.33. The Morgan fingerprint density at radius 3 is 1.37 bits per heavy atom. The highest BCUT2D eigenvalue weighted by atomic mass is 16.4. The van der Waals surface area contributed by atoms with E-state index >= 15 is 0 Å². The zero-order valence-corrected chi connectivity index (χ0v) is 14.4. The molecule has 0 saturated heterocycles. The quantitative estimate of drug-likeness (QED) is 0.442. The fourth-order valence-corrected chi connectivity index (χ4v) is 3.46. The highest BCUT2D eigenvalue weighted by Gasteiger charge is 2.16. The first-order valence-corrected chi connectivity index (χ1v) is 8.61. The zero-order chi connectivity index (χ0) is 18.4. The van der Waals surface area contributed by atoms with Crippen LogP contribution in [0.15, 0.2) is 77.2 Å². The number of fused-ring (bicyclic) bond motifs is 2. The smallest absolute Gasteiger partial charge is 0.248 e. The summed E-state index contributed by atoms with van der Waals surface area (Å²) in [4.78, 5) is 0. The van der Waals surface area contributed by atoms with E-state index in [1.807, 2.05) is 72.8 Å². The number of rotatable bonds is 2. The minimum absolute atomic E-state index is 0.460. The Morgan fingerprint density at radius 1 is 0.519 bits per heavy atom. The van der Waals surface area contributed by atoms with Gasteiger partial charge in [0, 0.05) is 33.3 Å². The molecule has 1 heterocycles. The molecule has 4 aromatic carbocycles. The molecule has 0 amide bonds. The second kappa shape index (κ2) is 5.85. The van der Waals surface area contributed by atoms with Crippen molar-refractivity contribution in [2.75, 3.05) is 11.5 Å². The third-order valence-corrected chi connectivity index (χ3v) is 4.80. The van der Waals surface area contributed by atoms with Gasteiger partial charge in [0.25, 0.3) is 0 Å². The minimum atomic E-state index is 0.460. The maximum Gasteiger partial charge on any atom is 0.248 e. The third-order valence-electron chi connectivity index (χ3n) is 4.80. The van der Waals surface area contributed by atoms with Crippen molar-refractivity contribution in [1.29, 1.82) is 0 Å². The molecule has 5 aromatic rings. The van der Waals surface area contributed by atoms with Gasteiger partial charge < -0.3 is 15.9 Å². The van der Waals surface area contributed by atoms with E-state index in [2.05, 4.69) is 10.2 Å². The summed E-state index contributed by atoms with van der Waals surface area (Å²) in [7, 11) is 0. The van der Waals surface area contributed by atoms with Gasteiger partial charge in [0.15, 0.2) is 0 Å². The van der Waals surface area contributed by atoms with Gasteiger partial charge in [-0.15, -0.1) is 10.2 Å². The van der Waals surface area contributed by atoms with Crippen LogP contribution in [0, 0.1) is 0 Å². The van der Waals surface area contributed by atoms with Crippen LogP contribution in [0.1, 0.15) is 0 Å². The molecule has 5 rings (SSSR count). The summed E-state index contributed by atoms with van der Waals surface area (Å²) < 4.78 is 6.05. The van der Waals surface area contributed by atoms with Gasteiger partial charge in [0.05, 0.1) is 0 Å². The molecule has 0 aliphatic rings. The Hall–Kier alpha value is -3.86. The summed E-state index contributed by atoms with van der Waals surface area (Å²) in [5.74, 6) is 0.921. The average Bonchev–Trinajstić information content (AvgIpc) is 3.19. The third kappa shape index (κ3) is 2.40. The predicted octanol–water partition coefficient (Wildman–Crippen LogP) is 4.87. The normalized spacial score (nSPS) is 11.3. The first kappa shape index (κ1) is 15.4. The summed E-state index contributed by atoms with van der Waals surface area (Å²) in [6, 6.07) is 23.4. The number of anilines is 2. The van der Waals surface area contributed by atoms with E-state index in [1.165, 1.54) is 0 Å². The van der Waals surface area contributed by atoms with E-state index < -0.39 is 0 Å².